The zero-order chi connectivity index (χ0) is 14.4. The predicted molar refractivity (Wildman–Crippen MR) is 77.2 cm³/mol. The van der Waals surface area contributed by atoms with Gasteiger partial charge in [-0.2, -0.15) is 5.26 Å². The Morgan fingerprint density at radius 2 is 2.00 bits per heavy atom. The van der Waals surface area contributed by atoms with Crippen LogP contribution in [-0.4, -0.2) is 5.11 Å². The minimum Gasteiger partial charge on any atom is -0.489 e. The summed E-state index contributed by atoms with van der Waals surface area (Å²) in [6.07, 6.45) is 0.126. The van der Waals surface area contributed by atoms with Gasteiger partial charge in [0.25, 0.3) is 0 Å². The third-order valence-electron chi connectivity index (χ3n) is 3.12. The van der Waals surface area contributed by atoms with Crippen LogP contribution in [0.15, 0.2) is 48.5 Å². The Morgan fingerprint density at radius 1 is 1.20 bits per heavy atom. The van der Waals surface area contributed by atoms with Gasteiger partial charge in [-0.25, -0.2) is 0 Å². The van der Waals surface area contributed by atoms with E-state index in [0.717, 1.165) is 11.1 Å². The molecule has 2 rings (SSSR count). The van der Waals surface area contributed by atoms with Crippen molar-refractivity contribution < 1.29 is 9.84 Å². The minimum absolute atomic E-state index is 0.378. The molecule has 2 aromatic carbocycles. The molecule has 0 heterocycles. The second-order valence-electron chi connectivity index (χ2n) is 4.56. The monoisotopic (exact) mass is 267 g/mol. The number of nitriles is 1. The maximum absolute atomic E-state index is 9.97. The van der Waals surface area contributed by atoms with Gasteiger partial charge in [-0.1, -0.05) is 37.3 Å². The summed E-state index contributed by atoms with van der Waals surface area (Å²) in [7, 11) is 0. The number of aliphatic hydroxyl groups excluding tert-OH is 1. The molecule has 0 aromatic heterocycles. The van der Waals surface area contributed by atoms with Gasteiger partial charge in [0.1, 0.15) is 12.4 Å². The van der Waals surface area contributed by atoms with E-state index in [1.54, 1.807) is 12.1 Å². The Hall–Kier alpha value is -2.31. The van der Waals surface area contributed by atoms with Crippen LogP contribution < -0.4 is 4.74 Å². The third-order valence-corrected chi connectivity index (χ3v) is 3.12. The maximum Gasteiger partial charge on any atom is 0.125 e. The van der Waals surface area contributed by atoms with Crippen LogP contribution in [0.2, 0.25) is 0 Å². The van der Waals surface area contributed by atoms with Gasteiger partial charge in [-0.3, -0.25) is 0 Å². The van der Waals surface area contributed by atoms with Crippen molar-refractivity contribution in [1.29, 1.82) is 5.26 Å². The summed E-state index contributed by atoms with van der Waals surface area (Å²) in [4.78, 5) is 0. The Morgan fingerprint density at radius 3 is 2.75 bits per heavy atom. The molecule has 0 saturated carbocycles. The summed E-state index contributed by atoms with van der Waals surface area (Å²) in [5, 5.41) is 18.8. The fourth-order valence-corrected chi connectivity index (χ4v) is 2.00. The van der Waals surface area contributed by atoms with Crippen molar-refractivity contribution >= 4 is 0 Å². The zero-order valence-corrected chi connectivity index (χ0v) is 11.4. The first-order valence-electron chi connectivity index (χ1n) is 6.63. The Balaban J connectivity index is 2.13. The van der Waals surface area contributed by atoms with Gasteiger partial charge in [0.15, 0.2) is 0 Å². The van der Waals surface area contributed by atoms with Crippen LogP contribution in [0.25, 0.3) is 0 Å². The molecule has 102 valence electrons. The molecule has 0 amide bonds. The summed E-state index contributed by atoms with van der Waals surface area (Å²) in [6, 6.07) is 16.9. The van der Waals surface area contributed by atoms with Crippen molar-refractivity contribution in [3.8, 4) is 11.8 Å². The van der Waals surface area contributed by atoms with Crippen LogP contribution in [0.4, 0.5) is 0 Å². The van der Waals surface area contributed by atoms with Crippen LogP contribution in [0.3, 0.4) is 0 Å². The molecule has 0 spiro atoms. The summed E-state index contributed by atoms with van der Waals surface area (Å²) in [5.41, 5.74) is 2.35. The fraction of sp³-hybridized carbons (Fsp3) is 0.235. The number of aliphatic hydroxyl groups is 1. The first kappa shape index (κ1) is 14.1. The van der Waals surface area contributed by atoms with Gasteiger partial charge in [0, 0.05) is 5.56 Å². The Bertz CT molecular complexity index is 616. The average molecular weight is 267 g/mol. The lowest BCUT2D eigenvalue weighted by molar-refractivity contribution is 0.166. The van der Waals surface area contributed by atoms with Gasteiger partial charge in [-0.05, 0) is 30.2 Å². The highest BCUT2D eigenvalue weighted by Gasteiger charge is 2.11. The van der Waals surface area contributed by atoms with Gasteiger partial charge < -0.3 is 9.84 Å². The molecular formula is C17H17NO2. The standard InChI is InChI=1S/C17H17NO2/c1-2-16(19)15-8-3-4-9-17(15)20-12-14-7-5-6-13(10-14)11-18/h3-10,16,19H,2,12H2,1H3/t16-/m0/s1. The molecule has 20 heavy (non-hydrogen) atoms. The lowest BCUT2D eigenvalue weighted by atomic mass is 10.1. The smallest absolute Gasteiger partial charge is 0.125 e. The second kappa shape index (κ2) is 6.74. The molecule has 3 heteroatoms. The molecule has 0 aliphatic rings. The molecule has 3 nitrogen and oxygen atoms in total. The molecule has 2 aromatic rings. The van der Waals surface area contributed by atoms with Crippen molar-refractivity contribution in [2.24, 2.45) is 0 Å². The Labute approximate surface area is 119 Å². The van der Waals surface area contributed by atoms with Crippen molar-refractivity contribution in [3.63, 3.8) is 0 Å². The fourth-order valence-electron chi connectivity index (χ4n) is 2.00. The van der Waals surface area contributed by atoms with Crippen LogP contribution >= 0.6 is 0 Å². The first-order valence-corrected chi connectivity index (χ1v) is 6.63. The third kappa shape index (κ3) is 3.37. The Kier molecular flexibility index (Phi) is 4.75. The lowest BCUT2D eigenvalue weighted by Gasteiger charge is -2.15. The number of para-hydroxylation sites is 1. The zero-order valence-electron chi connectivity index (χ0n) is 11.4. The van der Waals surface area contributed by atoms with Crippen LogP contribution in [0, 0.1) is 11.3 Å². The molecule has 0 aliphatic heterocycles. The number of hydrogen-bond acceptors (Lipinski definition) is 3. The van der Waals surface area contributed by atoms with Crippen LogP contribution in [-0.2, 0) is 6.61 Å². The highest BCUT2D eigenvalue weighted by Crippen LogP contribution is 2.27. The van der Waals surface area contributed by atoms with Crippen molar-refractivity contribution in [1.82, 2.24) is 0 Å². The molecule has 0 aliphatic carbocycles. The van der Waals surface area contributed by atoms with Crippen LogP contribution in [0.5, 0.6) is 5.75 Å². The number of benzene rings is 2. The molecule has 0 bridgehead atoms. The summed E-state index contributed by atoms with van der Waals surface area (Å²) in [6.45, 7) is 2.31. The number of ether oxygens (including phenoxy) is 1. The van der Waals surface area contributed by atoms with E-state index >= 15 is 0 Å². The normalized spacial score (nSPS) is 11.7. The van der Waals surface area contributed by atoms with Crippen molar-refractivity contribution in [2.45, 2.75) is 26.1 Å². The van der Waals surface area contributed by atoms with E-state index < -0.39 is 6.10 Å². The summed E-state index contributed by atoms with van der Waals surface area (Å²) in [5.74, 6) is 0.684. The van der Waals surface area contributed by atoms with Gasteiger partial charge in [-0.15, -0.1) is 0 Å². The van der Waals surface area contributed by atoms with E-state index in [1.807, 2.05) is 43.3 Å². The van der Waals surface area contributed by atoms with E-state index in [2.05, 4.69) is 6.07 Å². The summed E-state index contributed by atoms with van der Waals surface area (Å²) >= 11 is 0. The highest BCUT2D eigenvalue weighted by atomic mass is 16.5. The molecular weight excluding hydrogens is 250 g/mol. The molecule has 0 saturated heterocycles. The van der Waals surface area contributed by atoms with E-state index in [9.17, 15) is 5.11 Å². The number of nitrogens with zero attached hydrogens (tertiary/aromatic N) is 1. The van der Waals surface area contributed by atoms with E-state index in [-0.39, 0.29) is 0 Å². The lowest BCUT2D eigenvalue weighted by Crippen LogP contribution is -2.02. The average Bonchev–Trinajstić information content (AvgIpc) is 2.52. The largest absolute Gasteiger partial charge is 0.489 e. The summed E-state index contributed by atoms with van der Waals surface area (Å²) < 4.78 is 5.78. The quantitative estimate of drug-likeness (QED) is 0.900. The van der Waals surface area contributed by atoms with Gasteiger partial charge in [0.2, 0.25) is 0 Å². The van der Waals surface area contributed by atoms with E-state index in [1.165, 1.54) is 0 Å². The molecule has 1 N–H and O–H groups in total. The maximum atomic E-state index is 9.97. The molecule has 0 radical (unpaired) electrons. The highest BCUT2D eigenvalue weighted by molar-refractivity contribution is 5.36. The first-order chi connectivity index (χ1) is 9.74. The van der Waals surface area contributed by atoms with Crippen molar-refractivity contribution in [2.75, 3.05) is 0 Å². The number of hydrogen-bond donors (Lipinski definition) is 1. The minimum atomic E-state index is -0.517. The SMILES string of the molecule is CC[C@H](O)c1ccccc1OCc1cccc(C#N)c1. The van der Waals surface area contributed by atoms with E-state index in [0.29, 0.717) is 24.3 Å². The predicted octanol–water partition coefficient (Wildman–Crippen LogP) is 3.58. The number of rotatable bonds is 5. The van der Waals surface area contributed by atoms with E-state index in [4.69, 9.17) is 10.00 Å². The van der Waals surface area contributed by atoms with Crippen LogP contribution in [0.1, 0.15) is 36.1 Å². The van der Waals surface area contributed by atoms with Gasteiger partial charge >= 0.3 is 0 Å². The second-order valence-corrected chi connectivity index (χ2v) is 4.56. The topological polar surface area (TPSA) is 53.2 Å². The molecule has 0 unspecified atom stereocenters. The van der Waals surface area contributed by atoms with Gasteiger partial charge in [0.05, 0.1) is 17.7 Å². The molecule has 0 fully saturated rings. The van der Waals surface area contributed by atoms with Crippen molar-refractivity contribution in [3.05, 3.63) is 65.2 Å². The molecule has 1 atom stereocenters.